The lowest BCUT2D eigenvalue weighted by Gasteiger charge is -2.22. The van der Waals surface area contributed by atoms with E-state index in [1.165, 1.54) is 24.4 Å². The van der Waals surface area contributed by atoms with Crippen LogP contribution >= 0.6 is 11.3 Å². The highest BCUT2D eigenvalue weighted by Crippen LogP contribution is 2.33. The lowest BCUT2D eigenvalue weighted by atomic mass is 10.3. The topological polar surface area (TPSA) is 32.6 Å². The zero-order chi connectivity index (χ0) is 14.1. The Hall–Kier alpha value is -1.07. The van der Waals surface area contributed by atoms with Crippen molar-refractivity contribution in [2.45, 2.75) is 46.2 Å². The third kappa shape index (κ3) is 2.83. The maximum Gasteiger partial charge on any atom is 0.195 e. The molecule has 1 fully saturated rings. The molecule has 0 spiro atoms. The largest absolute Gasteiger partial charge is 0.355 e. The van der Waals surface area contributed by atoms with E-state index in [0.717, 1.165) is 30.5 Å². The predicted molar refractivity (Wildman–Crippen MR) is 85.7 cm³/mol. The quantitative estimate of drug-likeness (QED) is 0.851. The van der Waals surface area contributed by atoms with E-state index in [1.807, 2.05) is 0 Å². The van der Waals surface area contributed by atoms with Crippen LogP contribution in [0.25, 0.3) is 4.96 Å². The van der Waals surface area contributed by atoms with Crippen LogP contribution in [0.3, 0.4) is 0 Å². The molecule has 0 bridgehead atoms. The zero-order valence-electron chi connectivity index (χ0n) is 12.6. The highest BCUT2D eigenvalue weighted by Gasteiger charge is 2.26. The van der Waals surface area contributed by atoms with Gasteiger partial charge in [0, 0.05) is 37.3 Å². The maximum absolute atomic E-state index is 4.87. The van der Waals surface area contributed by atoms with Gasteiger partial charge in [-0.25, -0.2) is 4.98 Å². The van der Waals surface area contributed by atoms with Gasteiger partial charge in [-0.2, -0.15) is 0 Å². The van der Waals surface area contributed by atoms with Crippen LogP contribution in [0.2, 0.25) is 0 Å². The van der Waals surface area contributed by atoms with Crippen LogP contribution in [0.5, 0.6) is 0 Å². The molecule has 1 N–H and O–H groups in total. The van der Waals surface area contributed by atoms with Gasteiger partial charge in [0.05, 0.1) is 5.69 Å². The molecule has 0 aliphatic heterocycles. The number of imidazole rings is 1. The Morgan fingerprint density at radius 1 is 1.50 bits per heavy atom. The summed E-state index contributed by atoms with van der Waals surface area (Å²) in [5.74, 6) is 2.07. The Bertz CT molecular complexity index is 567. The molecule has 4 nitrogen and oxygen atoms in total. The number of nitrogens with zero attached hydrogens (tertiary/aromatic N) is 3. The second-order valence-electron chi connectivity index (χ2n) is 5.96. The van der Waals surface area contributed by atoms with Crippen LogP contribution in [0.1, 0.15) is 39.3 Å². The summed E-state index contributed by atoms with van der Waals surface area (Å²) >= 11 is 1.72. The second kappa shape index (κ2) is 5.74. The van der Waals surface area contributed by atoms with Gasteiger partial charge in [0.2, 0.25) is 0 Å². The van der Waals surface area contributed by atoms with Crippen LogP contribution in [-0.4, -0.2) is 28.5 Å². The fourth-order valence-electron chi connectivity index (χ4n) is 2.52. The number of hydrogen-bond donors (Lipinski definition) is 1. The average molecular weight is 292 g/mol. The third-order valence-corrected chi connectivity index (χ3v) is 4.63. The summed E-state index contributed by atoms with van der Waals surface area (Å²) < 4.78 is 2.24. The Balaban J connectivity index is 1.90. The fraction of sp³-hybridized carbons (Fsp3) is 0.667. The lowest BCUT2D eigenvalue weighted by molar-refractivity contribution is 0.578. The molecule has 5 heteroatoms. The standard InChI is InChI=1S/C15H24N4S/c1-4-18(10-12-5-6-12)14-13(9-16-11(2)3)19-7-8-20-15(19)17-14/h7-8,11-12,16H,4-6,9-10H2,1-3H3. The monoisotopic (exact) mass is 292 g/mol. The molecule has 0 aromatic carbocycles. The van der Waals surface area contributed by atoms with E-state index < -0.39 is 0 Å². The first-order chi connectivity index (χ1) is 9.69. The van der Waals surface area contributed by atoms with Crippen molar-refractivity contribution in [3.63, 3.8) is 0 Å². The Kier molecular flexibility index (Phi) is 3.98. The predicted octanol–water partition coefficient (Wildman–Crippen LogP) is 3.13. The van der Waals surface area contributed by atoms with E-state index >= 15 is 0 Å². The minimum Gasteiger partial charge on any atom is -0.355 e. The van der Waals surface area contributed by atoms with Gasteiger partial charge < -0.3 is 10.2 Å². The molecule has 3 rings (SSSR count). The van der Waals surface area contributed by atoms with Gasteiger partial charge in [0.1, 0.15) is 0 Å². The molecular weight excluding hydrogens is 268 g/mol. The molecule has 20 heavy (non-hydrogen) atoms. The van der Waals surface area contributed by atoms with Gasteiger partial charge in [-0.3, -0.25) is 4.40 Å². The van der Waals surface area contributed by atoms with Crippen molar-refractivity contribution in [2.75, 3.05) is 18.0 Å². The Morgan fingerprint density at radius 3 is 2.95 bits per heavy atom. The zero-order valence-corrected chi connectivity index (χ0v) is 13.4. The first kappa shape index (κ1) is 13.9. The summed E-state index contributed by atoms with van der Waals surface area (Å²) in [4.78, 5) is 8.43. The number of thiazole rings is 1. The van der Waals surface area contributed by atoms with Crippen LogP contribution < -0.4 is 10.2 Å². The maximum atomic E-state index is 4.87. The Labute approximate surface area is 124 Å². The number of anilines is 1. The highest BCUT2D eigenvalue weighted by atomic mass is 32.1. The van der Waals surface area contributed by atoms with Gasteiger partial charge in [-0.05, 0) is 25.7 Å². The van der Waals surface area contributed by atoms with Crippen LogP contribution in [0, 0.1) is 5.92 Å². The molecule has 2 aromatic heterocycles. The van der Waals surface area contributed by atoms with Crippen molar-refractivity contribution in [3.8, 4) is 0 Å². The lowest BCUT2D eigenvalue weighted by Crippen LogP contribution is -2.29. The number of rotatable bonds is 7. The van der Waals surface area contributed by atoms with Gasteiger partial charge in [0.25, 0.3) is 0 Å². The SMILES string of the molecule is CCN(CC1CC1)c1nc2sccn2c1CNC(C)C. The summed E-state index contributed by atoms with van der Waals surface area (Å²) in [5, 5.41) is 5.65. The Morgan fingerprint density at radius 2 is 2.30 bits per heavy atom. The van der Waals surface area contributed by atoms with Crippen molar-refractivity contribution < 1.29 is 0 Å². The first-order valence-electron chi connectivity index (χ1n) is 7.61. The van der Waals surface area contributed by atoms with E-state index in [-0.39, 0.29) is 0 Å². The van der Waals surface area contributed by atoms with Crippen molar-refractivity contribution in [1.29, 1.82) is 0 Å². The fourth-order valence-corrected chi connectivity index (χ4v) is 3.24. The molecule has 2 aromatic rings. The third-order valence-electron chi connectivity index (χ3n) is 3.87. The van der Waals surface area contributed by atoms with Crippen LogP contribution in [0.4, 0.5) is 5.82 Å². The first-order valence-corrected chi connectivity index (χ1v) is 8.49. The van der Waals surface area contributed by atoms with Crippen molar-refractivity contribution in [3.05, 3.63) is 17.3 Å². The van der Waals surface area contributed by atoms with E-state index in [9.17, 15) is 0 Å². The van der Waals surface area contributed by atoms with Crippen molar-refractivity contribution >= 4 is 22.1 Å². The molecule has 0 amide bonds. The minimum atomic E-state index is 0.491. The number of aromatic nitrogens is 2. The van der Waals surface area contributed by atoms with Crippen molar-refractivity contribution in [2.24, 2.45) is 5.92 Å². The normalized spacial score (nSPS) is 15.4. The average Bonchev–Trinajstić information content (AvgIpc) is 3.00. The smallest absolute Gasteiger partial charge is 0.195 e. The highest BCUT2D eigenvalue weighted by molar-refractivity contribution is 7.15. The molecule has 1 aliphatic rings. The van der Waals surface area contributed by atoms with E-state index in [4.69, 9.17) is 4.98 Å². The molecule has 0 radical (unpaired) electrons. The molecular formula is C15H24N4S. The van der Waals surface area contributed by atoms with Gasteiger partial charge in [-0.15, -0.1) is 11.3 Å². The summed E-state index contributed by atoms with van der Waals surface area (Å²) in [6, 6.07) is 0.491. The summed E-state index contributed by atoms with van der Waals surface area (Å²) in [7, 11) is 0. The molecule has 110 valence electrons. The molecule has 1 saturated carbocycles. The van der Waals surface area contributed by atoms with E-state index in [1.54, 1.807) is 11.3 Å². The summed E-state index contributed by atoms with van der Waals surface area (Å²) in [6.45, 7) is 9.69. The van der Waals surface area contributed by atoms with E-state index in [0.29, 0.717) is 6.04 Å². The van der Waals surface area contributed by atoms with Crippen LogP contribution in [0.15, 0.2) is 11.6 Å². The molecule has 0 atom stereocenters. The van der Waals surface area contributed by atoms with Gasteiger partial charge in [-0.1, -0.05) is 13.8 Å². The van der Waals surface area contributed by atoms with Crippen molar-refractivity contribution in [1.82, 2.24) is 14.7 Å². The van der Waals surface area contributed by atoms with E-state index in [2.05, 4.69) is 47.0 Å². The molecule has 0 saturated heterocycles. The molecule has 2 heterocycles. The second-order valence-corrected chi connectivity index (χ2v) is 6.83. The molecule has 0 unspecified atom stereocenters. The van der Waals surface area contributed by atoms with Gasteiger partial charge >= 0.3 is 0 Å². The summed E-state index contributed by atoms with van der Waals surface area (Å²) in [5.41, 5.74) is 1.30. The minimum absolute atomic E-state index is 0.491. The number of nitrogens with one attached hydrogen (secondary N) is 1. The number of hydrogen-bond acceptors (Lipinski definition) is 4. The molecule has 1 aliphatic carbocycles. The number of fused-ring (bicyclic) bond motifs is 1. The van der Waals surface area contributed by atoms with Crippen LogP contribution in [-0.2, 0) is 6.54 Å². The summed E-state index contributed by atoms with van der Waals surface area (Å²) in [6.07, 6.45) is 4.91. The van der Waals surface area contributed by atoms with Gasteiger partial charge in [0.15, 0.2) is 10.8 Å².